The predicted molar refractivity (Wildman–Crippen MR) is 62.0 cm³/mol. The van der Waals surface area contributed by atoms with Crippen LogP contribution in [0.25, 0.3) is 0 Å². The maximum Gasteiger partial charge on any atom is 0.157 e. The van der Waals surface area contributed by atoms with Crippen LogP contribution < -0.4 is 0 Å². The van der Waals surface area contributed by atoms with Crippen LogP contribution in [-0.2, 0) is 4.74 Å². The summed E-state index contributed by atoms with van der Waals surface area (Å²) in [6.45, 7) is 8.79. The highest BCUT2D eigenvalue weighted by Crippen LogP contribution is 2.56. The summed E-state index contributed by atoms with van der Waals surface area (Å²) in [5, 5.41) is 10.2. The summed E-state index contributed by atoms with van der Waals surface area (Å²) >= 11 is 0. The van der Waals surface area contributed by atoms with E-state index in [-0.39, 0.29) is 17.4 Å². The summed E-state index contributed by atoms with van der Waals surface area (Å²) in [5.74, 6) is 0.831. The summed E-state index contributed by atoms with van der Waals surface area (Å²) in [4.78, 5) is 0. The molecule has 0 amide bonds. The molecule has 3 heteroatoms. The zero-order valence-electron chi connectivity index (χ0n) is 10.2. The van der Waals surface area contributed by atoms with Crippen molar-refractivity contribution in [2.24, 2.45) is 11.8 Å². The molecule has 2 fully saturated rings. The van der Waals surface area contributed by atoms with E-state index in [4.69, 9.17) is 4.74 Å². The third-order valence-electron chi connectivity index (χ3n) is 4.25. The Bertz CT molecular complexity index is 242. The number of ether oxygens (including phenoxy) is 1. The van der Waals surface area contributed by atoms with E-state index in [1.807, 2.05) is 0 Å². The molecule has 0 spiro atoms. The van der Waals surface area contributed by atoms with Gasteiger partial charge in [0.05, 0.1) is 12.2 Å². The van der Waals surface area contributed by atoms with E-state index in [9.17, 15) is 5.11 Å². The Morgan fingerprint density at radius 1 is 1.20 bits per heavy atom. The van der Waals surface area contributed by atoms with Crippen molar-refractivity contribution in [3.05, 3.63) is 0 Å². The van der Waals surface area contributed by atoms with Gasteiger partial charge in [0, 0.05) is 11.9 Å². The normalized spacial score (nSPS) is 47.7. The smallest absolute Gasteiger partial charge is 0.157 e. The zero-order chi connectivity index (χ0) is 11.2. The summed E-state index contributed by atoms with van der Waals surface area (Å²) < 4.78 is 6.05. The Morgan fingerprint density at radius 2 is 1.80 bits per heavy atom. The van der Waals surface area contributed by atoms with Crippen LogP contribution >= 0.6 is 0 Å². The van der Waals surface area contributed by atoms with E-state index in [1.165, 1.54) is 0 Å². The lowest BCUT2D eigenvalue weighted by Gasteiger charge is -2.29. The molecule has 0 saturated carbocycles. The highest BCUT2D eigenvalue weighted by Gasteiger charge is 2.58. The Hall–Kier alpha value is -0.0151. The van der Waals surface area contributed by atoms with E-state index < -0.39 is 0 Å². The van der Waals surface area contributed by atoms with E-state index in [0.29, 0.717) is 17.9 Å². The standard InChI is InChI=1S/C12H22BO2/c1-5-7-9-10(8(6-2)15-7)12(3,4)13-11(9)14/h7-11,14H,5-6H2,1-4H3. The predicted octanol–water partition coefficient (Wildman–Crippen LogP) is 2.04. The number of aliphatic hydroxyl groups excluding tert-OH is 1. The lowest BCUT2D eigenvalue weighted by atomic mass is 9.53. The van der Waals surface area contributed by atoms with Crippen LogP contribution in [-0.4, -0.2) is 30.6 Å². The molecule has 2 rings (SSSR count). The van der Waals surface area contributed by atoms with Gasteiger partial charge < -0.3 is 9.84 Å². The van der Waals surface area contributed by atoms with Crippen LogP contribution in [0, 0.1) is 11.8 Å². The van der Waals surface area contributed by atoms with Crippen LogP contribution in [0.3, 0.4) is 0 Å². The topological polar surface area (TPSA) is 29.5 Å². The number of aliphatic hydroxyl groups is 1. The third-order valence-corrected chi connectivity index (χ3v) is 4.25. The minimum Gasteiger partial charge on any atom is -0.402 e. The molecular formula is C12H22BO2. The highest BCUT2D eigenvalue weighted by molar-refractivity contribution is 6.43. The Morgan fingerprint density at radius 3 is 2.33 bits per heavy atom. The van der Waals surface area contributed by atoms with Crippen LogP contribution in [0.1, 0.15) is 40.5 Å². The Kier molecular flexibility index (Phi) is 2.89. The van der Waals surface area contributed by atoms with Crippen molar-refractivity contribution in [1.29, 1.82) is 0 Å². The van der Waals surface area contributed by atoms with E-state index in [0.717, 1.165) is 12.8 Å². The largest absolute Gasteiger partial charge is 0.402 e. The number of hydrogen-bond acceptors (Lipinski definition) is 2. The van der Waals surface area contributed by atoms with Gasteiger partial charge in [-0.15, -0.1) is 0 Å². The second-order valence-electron chi connectivity index (χ2n) is 5.61. The van der Waals surface area contributed by atoms with Crippen LogP contribution in [0.5, 0.6) is 0 Å². The molecule has 0 bridgehead atoms. The van der Waals surface area contributed by atoms with Gasteiger partial charge in [-0.25, -0.2) is 0 Å². The van der Waals surface area contributed by atoms with Crippen molar-refractivity contribution in [2.75, 3.05) is 0 Å². The Labute approximate surface area is 93.6 Å². The van der Waals surface area contributed by atoms with Crippen LogP contribution in [0.4, 0.5) is 0 Å². The van der Waals surface area contributed by atoms with Gasteiger partial charge >= 0.3 is 0 Å². The maximum absolute atomic E-state index is 10.1. The van der Waals surface area contributed by atoms with Gasteiger partial charge in [0.15, 0.2) is 7.28 Å². The van der Waals surface area contributed by atoms with Gasteiger partial charge in [-0.3, -0.25) is 0 Å². The average molecular weight is 209 g/mol. The fourth-order valence-corrected chi connectivity index (χ4v) is 3.67. The maximum atomic E-state index is 10.1. The van der Waals surface area contributed by atoms with Crippen molar-refractivity contribution in [1.82, 2.24) is 0 Å². The molecular weight excluding hydrogens is 187 g/mol. The minimum atomic E-state index is -0.272. The van der Waals surface area contributed by atoms with E-state index in [1.54, 1.807) is 0 Å². The molecule has 0 aromatic heterocycles. The average Bonchev–Trinajstić information content (AvgIpc) is 2.64. The molecule has 85 valence electrons. The second-order valence-corrected chi connectivity index (χ2v) is 5.61. The molecule has 0 aromatic carbocycles. The first-order chi connectivity index (χ1) is 7.01. The number of hydrogen-bond donors (Lipinski definition) is 1. The Balaban J connectivity index is 2.26. The van der Waals surface area contributed by atoms with Crippen molar-refractivity contribution in [3.63, 3.8) is 0 Å². The number of fused-ring (bicyclic) bond motifs is 1. The molecule has 0 aliphatic carbocycles. The molecule has 2 aliphatic rings. The van der Waals surface area contributed by atoms with Gasteiger partial charge in [-0.1, -0.05) is 33.0 Å². The lowest BCUT2D eigenvalue weighted by molar-refractivity contribution is 0.0123. The van der Waals surface area contributed by atoms with Crippen molar-refractivity contribution >= 4 is 7.28 Å². The second kappa shape index (κ2) is 3.78. The minimum absolute atomic E-state index is 0.120. The monoisotopic (exact) mass is 209 g/mol. The van der Waals surface area contributed by atoms with Gasteiger partial charge in [0.1, 0.15) is 0 Å². The summed E-state index contributed by atoms with van der Waals surface area (Å²) in [6, 6.07) is -0.272. The third kappa shape index (κ3) is 1.64. The molecule has 2 saturated heterocycles. The molecule has 2 aliphatic heterocycles. The molecule has 2 heterocycles. The quantitative estimate of drug-likeness (QED) is 0.705. The molecule has 5 unspecified atom stereocenters. The van der Waals surface area contributed by atoms with Crippen molar-refractivity contribution < 1.29 is 9.84 Å². The van der Waals surface area contributed by atoms with Crippen LogP contribution in [0.2, 0.25) is 5.31 Å². The zero-order valence-corrected chi connectivity index (χ0v) is 10.2. The van der Waals surface area contributed by atoms with Gasteiger partial charge in [-0.05, 0) is 18.8 Å². The molecule has 0 aromatic rings. The van der Waals surface area contributed by atoms with Crippen molar-refractivity contribution in [2.45, 2.75) is 64.1 Å². The van der Waals surface area contributed by atoms with Gasteiger partial charge in [0.25, 0.3) is 0 Å². The van der Waals surface area contributed by atoms with E-state index >= 15 is 0 Å². The molecule has 1 radical (unpaired) electrons. The lowest BCUT2D eigenvalue weighted by Crippen LogP contribution is -2.28. The van der Waals surface area contributed by atoms with Crippen LogP contribution in [0.15, 0.2) is 0 Å². The summed E-state index contributed by atoms with van der Waals surface area (Å²) in [7, 11) is 2.12. The SMILES string of the molecule is CCC1OC(CC)C2C1C(O)[B]C2(C)C. The van der Waals surface area contributed by atoms with Gasteiger partial charge in [-0.2, -0.15) is 0 Å². The summed E-state index contributed by atoms with van der Waals surface area (Å²) in [5.41, 5.74) is 0. The first-order valence-corrected chi connectivity index (χ1v) is 6.20. The fourth-order valence-electron chi connectivity index (χ4n) is 3.67. The fraction of sp³-hybridized carbons (Fsp3) is 1.00. The van der Waals surface area contributed by atoms with E-state index in [2.05, 4.69) is 35.0 Å². The first-order valence-electron chi connectivity index (χ1n) is 6.20. The molecule has 1 N–H and O–H groups in total. The molecule has 15 heavy (non-hydrogen) atoms. The number of rotatable bonds is 2. The summed E-state index contributed by atoms with van der Waals surface area (Å²) in [6.07, 6.45) is 2.66. The van der Waals surface area contributed by atoms with Gasteiger partial charge in [0.2, 0.25) is 0 Å². The molecule has 2 nitrogen and oxygen atoms in total. The molecule has 5 atom stereocenters. The first kappa shape index (κ1) is 11.5. The highest BCUT2D eigenvalue weighted by atomic mass is 16.5. The van der Waals surface area contributed by atoms with Crippen molar-refractivity contribution in [3.8, 4) is 0 Å².